The van der Waals surface area contributed by atoms with Crippen LogP contribution in [0.1, 0.15) is 17.8 Å². The summed E-state index contributed by atoms with van der Waals surface area (Å²) in [5.41, 5.74) is 0.199. The van der Waals surface area contributed by atoms with Gasteiger partial charge in [0.1, 0.15) is 23.7 Å². The molecule has 0 unspecified atom stereocenters. The summed E-state index contributed by atoms with van der Waals surface area (Å²) in [5, 5.41) is 2.53. The number of carbonyl (C=O) groups is 1. The third kappa shape index (κ3) is 5.51. The van der Waals surface area contributed by atoms with Crippen LogP contribution >= 0.6 is 0 Å². The molecule has 13 heteroatoms. The van der Waals surface area contributed by atoms with Crippen LogP contribution in [0.4, 0.5) is 22.0 Å². The van der Waals surface area contributed by atoms with Crippen molar-refractivity contribution in [3.05, 3.63) is 78.1 Å². The van der Waals surface area contributed by atoms with E-state index in [2.05, 4.69) is 15.3 Å². The van der Waals surface area contributed by atoms with E-state index in [-0.39, 0.29) is 17.9 Å². The summed E-state index contributed by atoms with van der Waals surface area (Å²) in [5.74, 6) is -1.39. The topological polar surface area (TPSA) is 92.3 Å². The Bertz CT molecular complexity index is 1350. The zero-order valence-electron chi connectivity index (χ0n) is 18.4. The molecule has 2 atom stereocenters. The number of nitrogens with zero attached hydrogens (tertiary/aromatic N) is 3. The van der Waals surface area contributed by atoms with Crippen molar-refractivity contribution in [2.75, 3.05) is 6.54 Å². The quantitative estimate of drug-likeness (QED) is 0.495. The number of benzene rings is 1. The second-order valence-corrected chi connectivity index (χ2v) is 9.95. The maximum atomic E-state index is 14.2. The van der Waals surface area contributed by atoms with Gasteiger partial charge in [0.15, 0.2) is 0 Å². The highest BCUT2D eigenvalue weighted by molar-refractivity contribution is 7.89. The average molecular weight is 526 g/mol. The van der Waals surface area contributed by atoms with E-state index in [1.54, 1.807) is 6.07 Å². The van der Waals surface area contributed by atoms with Crippen molar-refractivity contribution in [3.63, 3.8) is 0 Å². The van der Waals surface area contributed by atoms with E-state index in [0.717, 1.165) is 40.8 Å². The van der Waals surface area contributed by atoms with Crippen molar-refractivity contribution in [2.45, 2.75) is 36.3 Å². The SMILES string of the molecule is O=C(NCc1cc(-c2ccc(C(F)(F)F)nc2)ccn1)[C@@H]1C[C@@H](F)CN1S(=O)(=O)c1ccc(F)cc1. The first-order chi connectivity index (χ1) is 16.9. The van der Waals surface area contributed by atoms with Crippen molar-refractivity contribution in [1.82, 2.24) is 19.6 Å². The third-order valence-corrected chi connectivity index (χ3v) is 7.46. The normalized spacial score (nSPS) is 18.8. The number of pyridine rings is 2. The zero-order valence-corrected chi connectivity index (χ0v) is 19.2. The fourth-order valence-electron chi connectivity index (χ4n) is 3.78. The zero-order chi connectivity index (χ0) is 26.1. The maximum absolute atomic E-state index is 14.2. The summed E-state index contributed by atoms with van der Waals surface area (Å²) in [6.07, 6.45) is -4.02. The van der Waals surface area contributed by atoms with Crippen molar-refractivity contribution >= 4 is 15.9 Å². The Morgan fingerprint density at radius 1 is 1.06 bits per heavy atom. The second kappa shape index (κ2) is 9.90. The minimum Gasteiger partial charge on any atom is -0.349 e. The number of nitrogens with one attached hydrogen (secondary N) is 1. The predicted molar refractivity (Wildman–Crippen MR) is 118 cm³/mol. The number of aromatic nitrogens is 2. The Morgan fingerprint density at radius 3 is 2.42 bits per heavy atom. The molecule has 190 valence electrons. The highest BCUT2D eigenvalue weighted by Crippen LogP contribution is 2.30. The van der Waals surface area contributed by atoms with Crippen LogP contribution in [0.3, 0.4) is 0 Å². The summed E-state index contributed by atoms with van der Waals surface area (Å²) in [7, 11) is -4.26. The first-order valence-electron chi connectivity index (χ1n) is 10.6. The number of rotatable bonds is 6. The number of amides is 1. The van der Waals surface area contributed by atoms with Crippen molar-refractivity contribution < 1.29 is 35.2 Å². The van der Waals surface area contributed by atoms with Crippen LogP contribution in [0.15, 0.2) is 65.8 Å². The molecule has 0 spiro atoms. The number of hydrogen-bond donors (Lipinski definition) is 1. The van der Waals surface area contributed by atoms with Crippen LogP contribution < -0.4 is 5.32 Å². The van der Waals surface area contributed by atoms with Crippen molar-refractivity contribution in [1.29, 1.82) is 0 Å². The van der Waals surface area contributed by atoms with Crippen LogP contribution in [0, 0.1) is 5.82 Å². The number of sulfonamides is 1. The summed E-state index contributed by atoms with van der Waals surface area (Å²) < 4.78 is 92.2. The van der Waals surface area contributed by atoms with E-state index in [1.807, 2.05) is 0 Å². The standard InChI is InChI=1S/C23H19F5N4O3S/c24-16-2-4-19(5-3-16)36(34,35)32-13-17(25)10-20(32)22(33)31-12-18-9-14(7-8-29-18)15-1-6-21(30-11-15)23(26,27)28/h1-9,11,17,20H,10,12-13H2,(H,31,33)/t17-,20+/m1/s1. The third-order valence-electron chi connectivity index (χ3n) is 5.58. The first kappa shape index (κ1) is 25.6. The monoisotopic (exact) mass is 526 g/mol. The highest BCUT2D eigenvalue weighted by atomic mass is 32.2. The number of carbonyl (C=O) groups excluding carboxylic acids is 1. The van der Waals surface area contributed by atoms with Gasteiger partial charge in [0.25, 0.3) is 0 Å². The number of hydrogen-bond acceptors (Lipinski definition) is 5. The van der Waals surface area contributed by atoms with E-state index in [4.69, 9.17) is 0 Å². The van der Waals surface area contributed by atoms with Gasteiger partial charge in [0.2, 0.25) is 15.9 Å². The molecule has 4 rings (SSSR count). The van der Waals surface area contributed by atoms with E-state index in [1.165, 1.54) is 18.3 Å². The van der Waals surface area contributed by atoms with Gasteiger partial charge in [-0.25, -0.2) is 17.2 Å². The van der Waals surface area contributed by atoms with E-state index < -0.39 is 52.4 Å². The summed E-state index contributed by atoms with van der Waals surface area (Å²) in [4.78, 5) is 20.1. The van der Waals surface area contributed by atoms with Gasteiger partial charge in [-0.2, -0.15) is 17.5 Å². The molecule has 0 bridgehead atoms. The van der Waals surface area contributed by atoms with Gasteiger partial charge in [0, 0.05) is 30.9 Å². The van der Waals surface area contributed by atoms with E-state index in [0.29, 0.717) is 16.8 Å². The van der Waals surface area contributed by atoms with Crippen LogP contribution in [0.25, 0.3) is 11.1 Å². The van der Waals surface area contributed by atoms with Crippen LogP contribution in [0.2, 0.25) is 0 Å². The molecular formula is C23H19F5N4O3S. The molecule has 36 heavy (non-hydrogen) atoms. The lowest BCUT2D eigenvalue weighted by Gasteiger charge is -2.23. The molecule has 0 aliphatic carbocycles. The minimum atomic E-state index is -4.57. The van der Waals surface area contributed by atoms with Gasteiger partial charge >= 0.3 is 6.18 Å². The molecule has 3 aromatic rings. The first-order valence-corrected chi connectivity index (χ1v) is 12.1. The molecule has 7 nitrogen and oxygen atoms in total. The molecule has 1 N–H and O–H groups in total. The Labute approximate surface area is 203 Å². The fraction of sp³-hybridized carbons (Fsp3) is 0.261. The van der Waals surface area contributed by atoms with Crippen LogP contribution in [-0.4, -0.2) is 47.4 Å². The predicted octanol–water partition coefficient (Wildman–Crippen LogP) is 3.72. The van der Waals surface area contributed by atoms with Gasteiger partial charge < -0.3 is 5.32 Å². The summed E-state index contributed by atoms with van der Waals surface area (Å²) in [6.45, 7) is -0.662. The Balaban J connectivity index is 1.46. The summed E-state index contributed by atoms with van der Waals surface area (Å²) in [6, 6.07) is 7.85. The largest absolute Gasteiger partial charge is 0.433 e. The Hall–Kier alpha value is -3.45. The summed E-state index contributed by atoms with van der Waals surface area (Å²) >= 11 is 0. The van der Waals surface area contributed by atoms with Crippen LogP contribution in [0.5, 0.6) is 0 Å². The highest BCUT2D eigenvalue weighted by Gasteiger charge is 2.44. The lowest BCUT2D eigenvalue weighted by molar-refractivity contribution is -0.141. The molecule has 1 fully saturated rings. The van der Waals surface area contributed by atoms with Gasteiger partial charge in [-0.05, 0) is 48.0 Å². The average Bonchev–Trinajstić information content (AvgIpc) is 3.25. The number of alkyl halides is 4. The molecule has 1 aliphatic heterocycles. The minimum absolute atomic E-state index is 0.140. The maximum Gasteiger partial charge on any atom is 0.433 e. The van der Waals surface area contributed by atoms with Crippen molar-refractivity contribution in [3.8, 4) is 11.1 Å². The lowest BCUT2D eigenvalue weighted by atomic mass is 10.1. The van der Waals surface area contributed by atoms with Gasteiger partial charge in [-0.15, -0.1) is 0 Å². The molecule has 1 amide bonds. The fourth-order valence-corrected chi connectivity index (χ4v) is 5.41. The molecule has 3 heterocycles. The van der Waals surface area contributed by atoms with Crippen molar-refractivity contribution in [2.24, 2.45) is 0 Å². The Morgan fingerprint density at radius 2 is 1.78 bits per heavy atom. The van der Waals surface area contributed by atoms with E-state index >= 15 is 0 Å². The smallest absolute Gasteiger partial charge is 0.349 e. The number of halogens is 5. The molecule has 0 radical (unpaired) electrons. The molecule has 1 saturated heterocycles. The lowest BCUT2D eigenvalue weighted by Crippen LogP contribution is -2.45. The second-order valence-electron chi connectivity index (χ2n) is 8.06. The van der Waals surface area contributed by atoms with Crippen LogP contribution in [-0.2, 0) is 27.5 Å². The van der Waals surface area contributed by atoms with Gasteiger partial charge in [-0.1, -0.05) is 6.07 Å². The molecule has 1 aliphatic rings. The van der Waals surface area contributed by atoms with Gasteiger partial charge in [-0.3, -0.25) is 14.8 Å². The molecular weight excluding hydrogens is 507 g/mol. The molecule has 1 aromatic carbocycles. The van der Waals surface area contributed by atoms with Gasteiger partial charge in [0.05, 0.1) is 17.1 Å². The Kier molecular flexibility index (Phi) is 7.05. The molecule has 2 aromatic heterocycles. The molecule has 0 saturated carbocycles. The van der Waals surface area contributed by atoms with E-state index in [9.17, 15) is 35.2 Å².